The topological polar surface area (TPSA) is 45.2 Å². The number of phenolic OH excluding ortho intramolecular Hbond substituents is 1. The second-order valence-electron chi connectivity index (χ2n) is 5.87. The highest BCUT2D eigenvalue weighted by Gasteiger charge is 2.18. The van der Waals surface area contributed by atoms with Crippen molar-refractivity contribution in [2.45, 2.75) is 24.8 Å². The molecule has 0 saturated carbocycles. The molecule has 23 heavy (non-hydrogen) atoms. The zero-order valence-corrected chi connectivity index (χ0v) is 13.8. The highest BCUT2D eigenvalue weighted by Crippen LogP contribution is 2.39. The molecule has 0 unspecified atom stereocenters. The van der Waals surface area contributed by atoms with E-state index in [2.05, 4.69) is 29.4 Å². The molecular formula is C19H18N2OS. The summed E-state index contributed by atoms with van der Waals surface area (Å²) in [6, 6.07) is 11.7. The molecule has 4 heteroatoms. The van der Waals surface area contributed by atoms with E-state index >= 15 is 0 Å². The minimum atomic E-state index is 0.300. The third-order valence-electron chi connectivity index (χ3n) is 4.30. The number of thioether (sulfide) groups is 1. The van der Waals surface area contributed by atoms with Gasteiger partial charge in [-0.1, -0.05) is 12.1 Å². The second kappa shape index (κ2) is 5.78. The number of anilines is 1. The number of aromatic hydroxyl groups is 1. The highest BCUT2D eigenvalue weighted by atomic mass is 32.2. The first-order valence-corrected chi connectivity index (χ1v) is 8.77. The number of pyridine rings is 1. The molecule has 3 nitrogen and oxygen atoms in total. The number of hydrogen-bond acceptors (Lipinski definition) is 4. The standard InChI is InChI=1S/C19H18N2OS/c1-12-10-20-16-6-7-17-15(8-9-23-17)18(16)19(12)21-11-13-2-4-14(22)5-3-13/h2-7,10,22H,8-9,11H2,1H3,(H,20,21). The summed E-state index contributed by atoms with van der Waals surface area (Å²) in [5.41, 5.74) is 5.99. The van der Waals surface area contributed by atoms with Crippen molar-refractivity contribution in [3.63, 3.8) is 0 Å². The summed E-state index contributed by atoms with van der Waals surface area (Å²) in [5.74, 6) is 1.45. The van der Waals surface area contributed by atoms with Crippen molar-refractivity contribution in [3.8, 4) is 5.75 Å². The molecule has 0 radical (unpaired) electrons. The SMILES string of the molecule is Cc1cnc2ccc3c(c2c1NCc1ccc(O)cc1)CCS3. The maximum Gasteiger partial charge on any atom is 0.115 e. The number of aryl methyl sites for hydroxylation is 2. The van der Waals surface area contributed by atoms with Crippen LogP contribution in [0.4, 0.5) is 5.69 Å². The van der Waals surface area contributed by atoms with Crippen LogP contribution in [0.1, 0.15) is 16.7 Å². The second-order valence-corrected chi connectivity index (χ2v) is 7.01. The molecule has 0 atom stereocenters. The average Bonchev–Trinajstić information content (AvgIpc) is 3.04. The molecule has 4 rings (SSSR count). The molecule has 3 aromatic rings. The van der Waals surface area contributed by atoms with Crippen molar-refractivity contribution < 1.29 is 5.11 Å². The summed E-state index contributed by atoms with van der Waals surface area (Å²) in [6.45, 7) is 2.84. The van der Waals surface area contributed by atoms with E-state index in [1.54, 1.807) is 12.1 Å². The largest absolute Gasteiger partial charge is 0.508 e. The number of rotatable bonds is 3. The first kappa shape index (κ1) is 14.4. The summed E-state index contributed by atoms with van der Waals surface area (Å²) in [6.07, 6.45) is 3.05. The van der Waals surface area contributed by atoms with E-state index in [4.69, 9.17) is 0 Å². The predicted molar refractivity (Wildman–Crippen MR) is 96.3 cm³/mol. The fourth-order valence-corrected chi connectivity index (χ4v) is 4.18. The van der Waals surface area contributed by atoms with Crippen molar-refractivity contribution in [1.29, 1.82) is 0 Å². The van der Waals surface area contributed by atoms with Gasteiger partial charge in [-0.3, -0.25) is 4.98 Å². The molecule has 1 aliphatic rings. The summed E-state index contributed by atoms with van der Waals surface area (Å²) in [5, 5.41) is 14.3. The van der Waals surface area contributed by atoms with E-state index in [1.165, 1.54) is 27.1 Å². The lowest BCUT2D eigenvalue weighted by Crippen LogP contribution is -2.04. The molecule has 116 valence electrons. The van der Waals surface area contributed by atoms with Crippen LogP contribution in [0.15, 0.2) is 47.5 Å². The van der Waals surface area contributed by atoms with Crippen LogP contribution in [0.3, 0.4) is 0 Å². The van der Waals surface area contributed by atoms with Crippen molar-refractivity contribution in [3.05, 3.63) is 59.3 Å². The number of phenols is 1. The molecular weight excluding hydrogens is 304 g/mol. The normalized spacial score (nSPS) is 13.3. The summed E-state index contributed by atoms with van der Waals surface area (Å²) in [4.78, 5) is 5.99. The van der Waals surface area contributed by atoms with Crippen molar-refractivity contribution in [1.82, 2.24) is 4.98 Å². The van der Waals surface area contributed by atoms with Crippen LogP contribution in [-0.4, -0.2) is 15.8 Å². The molecule has 0 amide bonds. The number of aromatic nitrogens is 1. The van der Waals surface area contributed by atoms with Crippen LogP contribution in [0, 0.1) is 6.92 Å². The molecule has 2 heterocycles. The Morgan fingerprint density at radius 1 is 1.17 bits per heavy atom. The summed E-state index contributed by atoms with van der Waals surface area (Å²) in [7, 11) is 0. The maximum atomic E-state index is 9.40. The lowest BCUT2D eigenvalue weighted by Gasteiger charge is -2.15. The molecule has 2 N–H and O–H groups in total. The Morgan fingerprint density at radius 2 is 2.00 bits per heavy atom. The number of nitrogens with zero attached hydrogens (tertiary/aromatic N) is 1. The van der Waals surface area contributed by atoms with Crippen molar-refractivity contribution in [2.24, 2.45) is 0 Å². The van der Waals surface area contributed by atoms with Gasteiger partial charge in [-0.25, -0.2) is 0 Å². The number of benzene rings is 2. The van der Waals surface area contributed by atoms with Crippen LogP contribution < -0.4 is 5.32 Å². The average molecular weight is 322 g/mol. The van der Waals surface area contributed by atoms with Crippen LogP contribution in [0.25, 0.3) is 10.9 Å². The first-order chi connectivity index (χ1) is 11.2. The van der Waals surface area contributed by atoms with Gasteiger partial charge in [0, 0.05) is 34.5 Å². The number of hydrogen-bond donors (Lipinski definition) is 2. The summed E-state index contributed by atoms with van der Waals surface area (Å²) >= 11 is 1.93. The van der Waals surface area contributed by atoms with Gasteiger partial charge in [0.2, 0.25) is 0 Å². The first-order valence-electron chi connectivity index (χ1n) is 7.78. The minimum Gasteiger partial charge on any atom is -0.508 e. The van der Waals surface area contributed by atoms with Gasteiger partial charge in [0.15, 0.2) is 0 Å². The van der Waals surface area contributed by atoms with E-state index in [-0.39, 0.29) is 0 Å². The highest BCUT2D eigenvalue weighted by molar-refractivity contribution is 7.99. The zero-order chi connectivity index (χ0) is 15.8. The van der Waals surface area contributed by atoms with Crippen molar-refractivity contribution >= 4 is 28.4 Å². The Kier molecular flexibility index (Phi) is 3.62. The molecule has 2 aromatic carbocycles. The molecule has 0 saturated heterocycles. The molecule has 0 bridgehead atoms. The van der Waals surface area contributed by atoms with E-state index in [0.717, 1.165) is 29.8 Å². The van der Waals surface area contributed by atoms with Crippen LogP contribution in [0.5, 0.6) is 5.75 Å². The Balaban J connectivity index is 1.75. The van der Waals surface area contributed by atoms with Gasteiger partial charge in [-0.15, -0.1) is 11.8 Å². The zero-order valence-electron chi connectivity index (χ0n) is 13.0. The van der Waals surface area contributed by atoms with E-state index < -0.39 is 0 Å². The van der Waals surface area contributed by atoms with Crippen LogP contribution in [-0.2, 0) is 13.0 Å². The molecule has 0 fully saturated rings. The van der Waals surface area contributed by atoms with E-state index in [1.807, 2.05) is 30.1 Å². The van der Waals surface area contributed by atoms with E-state index in [9.17, 15) is 5.11 Å². The van der Waals surface area contributed by atoms with Gasteiger partial charge < -0.3 is 10.4 Å². The van der Waals surface area contributed by atoms with Gasteiger partial charge in [0.1, 0.15) is 5.75 Å². The quantitative estimate of drug-likeness (QED) is 0.745. The lowest BCUT2D eigenvalue weighted by atomic mass is 10.0. The predicted octanol–water partition coefficient (Wildman–Crippen LogP) is 4.51. The smallest absolute Gasteiger partial charge is 0.115 e. The van der Waals surface area contributed by atoms with E-state index in [0.29, 0.717) is 5.75 Å². The molecule has 1 aliphatic heterocycles. The maximum absolute atomic E-state index is 9.40. The third kappa shape index (κ3) is 2.63. The van der Waals surface area contributed by atoms with Gasteiger partial charge in [0.05, 0.1) is 5.52 Å². The number of fused-ring (bicyclic) bond motifs is 3. The van der Waals surface area contributed by atoms with Gasteiger partial charge in [-0.2, -0.15) is 0 Å². The number of nitrogens with one attached hydrogen (secondary N) is 1. The third-order valence-corrected chi connectivity index (χ3v) is 5.41. The van der Waals surface area contributed by atoms with Crippen LogP contribution in [0.2, 0.25) is 0 Å². The fraction of sp³-hybridized carbons (Fsp3) is 0.211. The molecule has 0 spiro atoms. The van der Waals surface area contributed by atoms with Gasteiger partial charge in [-0.05, 0) is 54.3 Å². The Labute approximate surface area is 139 Å². The Bertz CT molecular complexity index is 875. The molecule has 1 aromatic heterocycles. The van der Waals surface area contributed by atoms with Gasteiger partial charge in [0.25, 0.3) is 0 Å². The van der Waals surface area contributed by atoms with Crippen LogP contribution >= 0.6 is 11.8 Å². The van der Waals surface area contributed by atoms with Crippen molar-refractivity contribution in [2.75, 3.05) is 11.1 Å². The Hall–Kier alpha value is -2.20. The lowest BCUT2D eigenvalue weighted by molar-refractivity contribution is 0.475. The monoisotopic (exact) mass is 322 g/mol. The summed E-state index contributed by atoms with van der Waals surface area (Å²) < 4.78 is 0. The molecule has 0 aliphatic carbocycles. The fourth-order valence-electron chi connectivity index (χ4n) is 3.11. The Morgan fingerprint density at radius 3 is 2.83 bits per heavy atom. The minimum absolute atomic E-state index is 0.300. The van der Waals surface area contributed by atoms with Gasteiger partial charge >= 0.3 is 0 Å².